The topological polar surface area (TPSA) is 56.3 Å². The van der Waals surface area contributed by atoms with Gasteiger partial charge in [0, 0.05) is 17.1 Å². The number of pyridine rings is 1. The van der Waals surface area contributed by atoms with E-state index in [0.717, 1.165) is 12.3 Å². The zero-order valence-corrected chi connectivity index (χ0v) is 16.7. The van der Waals surface area contributed by atoms with Crippen LogP contribution in [-0.4, -0.2) is 25.8 Å². The van der Waals surface area contributed by atoms with Gasteiger partial charge in [0.2, 0.25) is 0 Å². The Kier molecular flexibility index (Phi) is 5.22. The first-order chi connectivity index (χ1) is 14.4. The number of sulfone groups is 1. The third kappa shape index (κ3) is 3.52. The largest absolute Gasteiger partial charge is 0.497 e. The Morgan fingerprint density at radius 2 is 1.87 bits per heavy atom. The van der Waals surface area contributed by atoms with Crippen LogP contribution in [0.25, 0.3) is 22.0 Å². The SMILES string of the molecule is COc1cccc(-c2c(S(=O)(=O)C3C=CC=C(F)C=C3)cnc3c(F)cccc23)c1. The molecule has 1 aromatic heterocycles. The number of rotatable bonds is 4. The van der Waals surface area contributed by atoms with Crippen LogP contribution in [0.1, 0.15) is 0 Å². The second-order valence-electron chi connectivity index (χ2n) is 6.67. The third-order valence-corrected chi connectivity index (χ3v) is 6.79. The van der Waals surface area contributed by atoms with Gasteiger partial charge in [-0.05, 0) is 35.9 Å². The number of ether oxygens (including phenoxy) is 1. The Balaban J connectivity index is 2.02. The van der Waals surface area contributed by atoms with Crippen LogP contribution in [0.2, 0.25) is 0 Å². The minimum Gasteiger partial charge on any atom is -0.497 e. The van der Waals surface area contributed by atoms with E-state index in [4.69, 9.17) is 4.74 Å². The van der Waals surface area contributed by atoms with Crippen molar-refractivity contribution in [1.29, 1.82) is 0 Å². The highest BCUT2D eigenvalue weighted by Crippen LogP contribution is 2.37. The number of para-hydroxylation sites is 1. The van der Waals surface area contributed by atoms with E-state index < -0.39 is 26.7 Å². The molecule has 0 bridgehead atoms. The maximum Gasteiger partial charge on any atom is 0.190 e. The van der Waals surface area contributed by atoms with Gasteiger partial charge in [-0.2, -0.15) is 0 Å². The van der Waals surface area contributed by atoms with Crippen LogP contribution in [0.3, 0.4) is 0 Å². The summed E-state index contributed by atoms with van der Waals surface area (Å²) in [5.41, 5.74) is 0.920. The number of aromatic nitrogens is 1. The second kappa shape index (κ2) is 7.84. The fourth-order valence-electron chi connectivity index (χ4n) is 3.38. The van der Waals surface area contributed by atoms with Crippen molar-refractivity contribution in [3.05, 3.63) is 90.7 Å². The van der Waals surface area contributed by atoms with Crippen LogP contribution >= 0.6 is 0 Å². The Morgan fingerprint density at radius 3 is 2.67 bits per heavy atom. The van der Waals surface area contributed by atoms with E-state index in [1.807, 2.05) is 0 Å². The molecular formula is C23H17F2NO3S. The molecule has 1 aliphatic rings. The fraction of sp³-hybridized carbons (Fsp3) is 0.0870. The van der Waals surface area contributed by atoms with Crippen molar-refractivity contribution in [2.45, 2.75) is 10.1 Å². The summed E-state index contributed by atoms with van der Waals surface area (Å²) in [6.45, 7) is 0. The van der Waals surface area contributed by atoms with Crippen molar-refractivity contribution in [3.8, 4) is 16.9 Å². The first-order valence-electron chi connectivity index (χ1n) is 9.09. The zero-order valence-electron chi connectivity index (χ0n) is 15.9. The van der Waals surface area contributed by atoms with Crippen LogP contribution in [-0.2, 0) is 9.84 Å². The van der Waals surface area contributed by atoms with Gasteiger partial charge in [-0.15, -0.1) is 0 Å². The summed E-state index contributed by atoms with van der Waals surface area (Å²) in [5, 5.41) is -0.741. The lowest BCUT2D eigenvalue weighted by molar-refractivity contribution is 0.415. The van der Waals surface area contributed by atoms with E-state index in [2.05, 4.69) is 4.98 Å². The summed E-state index contributed by atoms with van der Waals surface area (Å²) in [4.78, 5) is 4.01. The first-order valence-corrected chi connectivity index (χ1v) is 10.6. The van der Waals surface area contributed by atoms with Crippen molar-refractivity contribution >= 4 is 20.7 Å². The number of benzene rings is 2. The number of hydrogen-bond donors (Lipinski definition) is 0. The maximum absolute atomic E-state index is 14.4. The smallest absolute Gasteiger partial charge is 0.190 e. The van der Waals surface area contributed by atoms with Gasteiger partial charge in [-0.1, -0.05) is 42.5 Å². The van der Waals surface area contributed by atoms with Gasteiger partial charge in [0.25, 0.3) is 0 Å². The minimum atomic E-state index is -4.01. The molecule has 2 aromatic carbocycles. The lowest BCUT2D eigenvalue weighted by Crippen LogP contribution is -2.18. The fourth-order valence-corrected chi connectivity index (χ4v) is 4.97. The standard InChI is InChI=1S/C23H17F2NO3S/c1-29-17-7-2-5-15(13-17)22-19-9-4-10-20(25)23(19)26-14-21(22)30(27,28)18-8-3-6-16(24)11-12-18/h2-14,18H,1H3. The summed E-state index contributed by atoms with van der Waals surface area (Å²) in [7, 11) is -2.51. The highest BCUT2D eigenvalue weighted by molar-refractivity contribution is 7.92. The maximum atomic E-state index is 14.4. The molecule has 0 aliphatic heterocycles. The minimum absolute atomic E-state index is 0.0638. The molecule has 0 amide bonds. The Morgan fingerprint density at radius 1 is 1.07 bits per heavy atom. The predicted molar refractivity (Wildman–Crippen MR) is 112 cm³/mol. The normalized spacial score (nSPS) is 16.4. The average Bonchev–Trinajstić information content (AvgIpc) is 2.98. The van der Waals surface area contributed by atoms with Crippen molar-refractivity contribution in [2.24, 2.45) is 0 Å². The van der Waals surface area contributed by atoms with Crippen LogP contribution in [0.5, 0.6) is 5.75 Å². The molecule has 4 nitrogen and oxygen atoms in total. The molecule has 4 rings (SSSR count). The molecule has 0 radical (unpaired) electrons. The van der Waals surface area contributed by atoms with Crippen LogP contribution in [0.4, 0.5) is 8.78 Å². The molecule has 3 aromatic rings. The Hall–Kier alpha value is -3.32. The summed E-state index contributed by atoms with van der Waals surface area (Å²) < 4.78 is 60.2. The average molecular weight is 425 g/mol. The molecular weight excluding hydrogens is 408 g/mol. The van der Waals surface area contributed by atoms with Gasteiger partial charge in [-0.25, -0.2) is 17.2 Å². The molecule has 0 N–H and O–H groups in total. The van der Waals surface area contributed by atoms with Crippen LogP contribution in [0.15, 0.2) is 89.8 Å². The van der Waals surface area contributed by atoms with Crippen molar-refractivity contribution in [2.75, 3.05) is 7.11 Å². The molecule has 30 heavy (non-hydrogen) atoms. The van der Waals surface area contributed by atoms with Gasteiger partial charge in [0.05, 0.1) is 12.0 Å². The number of halogens is 2. The molecule has 7 heteroatoms. The molecule has 0 spiro atoms. The van der Waals surface area contributed by atoms with Gasteiger partial charge < -0.3 is 4.74 Å². The predicted octanol–water partition coefficient (Wildman–Crippen LogP) is 5.17. The number of nitrogens with zero attached hydrogens (tertiary/aromatic N) is 1. The second-order valence-corrected chi connectivity index (χ2v) is 8.74. The lowest BCUT2D eigenvalue weighted by atomic mass is 10.0. The summed E-state index contributed by atoms with van der Waals surface area (Å²) in [6, 6.07) is 11.3. The van der Waals surface area contributed by atoms with Gasteiger partial charge in [0.1, 0.15) is 28.2 Å². The van der Waals surface area contributed by atoms with E-state index in [1.54, 1.807) is 30.3 Å². The van der Waals surface area contributed by atoms with E-state index in [9.17, 15) is 17.2 Å². The van der Waals surface area contributed by atoms with Crippen LogP contribution < -0.4 is 4.74 Å². The number of allylic oxidation sites excluding steroid dienone is 4. The lowest BCUT2D eigenvalue weighted by Gasteiger charge is -2.17. The molecule has 1 heterocycles. The molecule has 152 valence electrons. The molecule has 0 saturated carbocycles. The number of fused-ring (bicyclic) bond motifs is 1. The number of hydrogen-bond acceptors (Lipinski definition) is 4. The quantitative estimate of drug-likeness (QED) is 0.579. The van der Waals surface area contributed by atoms with Gasteiger partial charge >= 0.3 is 0 Å². The third-order valence-electron chi connectivity index (χ3n) is 4.84. The summed E-state index contributed by atoms with van der Waals surface area (Å²) in [6.07, 6.45) is 7.48. The van der Waals surface area contributed by atoms with E-state index >= 15 is 0 Å². The number of methoxy groups -OCH3 is 1. The van der Waals surface area contributed by atoms with E-state index in [-0.39, 0.29) is 10.4 Å². The first kappa shape index (κ1) is 20.0. The van der Waals surface area contributed by atoms with Crippen molar-refractivity contribution < 1.29 is 21.9 Å². The van der Waals surface area contributed by atoms with Gasteiger partial charge in [0.15, 0.2) is 9.84 Å². The van der Waals surface area contributed by atoms with E-state index in [1.165, 1.54) is 43.5 Å². The molecule has 1 atom stereocenters. The zero-order chi connectivity index (χ0) is 21.3. The Labute approximate surface area is 172 Å². The van der Waals surface area contributed by atoms with Gasteiger partial charge in [-0.3, -0.25) is 4.98 Å². The molecule has 1 aliphatic carbocycles. The monoisotopic (exact) mass is 425 g/mol. The summed E-state index contributed by atoms with van der Waals surface area (Å²) >= 11 is 0. The van der Waals surface area contributed by atoms with Crippen molar-refractivity contribution in [1.82, 2.24) is 4.98 Å². The van der Waals surface area contributed by atoms with Crippen molar-refractivity contribution in [3.63, 3.8) is 0 Å². The molecule has 0 saturated heterocycles. The highest BCUT2D eigenvalue weighted by atomic mass is 32.2. The summed E-state index contributed by atoms with van der Waals surface area (Å²) in [5.74, 6) is -0.574. The van der Waals surface area contributed by atoms with Crippen LogP contribution in [0, 0.1) is 5.82 Å². The van der Waals surface area contributed by atoms with E-state index in [0.29, 0.717) is 22.3 Å². The Bertz CT molecular complexity index is 1330. The molecule has 1 unspecified atom stereocenters. The highest BCUT2D eigenvalue weighted by Gasteiger charge is 2.29. The molecule has 0 fully saturated rings.